The smallest absolute Gasteiger partial charge is 0.138 e. The highest BCUT2D eigenvalue weighted by atomic mass is 35.5. The van der Waals surface area contributed by atoms with E-state index in [1.54, 1.807) is 13.2 Å². The van der Waals surface area contributed by atoms with Gasteiger partial charge in [0.1, 0.15) is 5.75 Å². The Morgan fingerprint density at radius 2 is 1.95 bits per heavy atom. The monoisotopic (exact) mass is 303 g/mol. The molecule has 5 heteroatoms. The second-order valence-electron chi connectivity index (χ2n) is 4.72. The van der Waals surface area contributed by atoms with E-state index in [0.29, 0.717) is 21.7 Å². The van der Waals surface area contributed by atoms with Crippen molar-refractivity contribution in [3.05, 3.63) is 27.7 Å². The molecule has 1 atom stereocenters. The van der Waals surface area contributed by atoms with E-state index >= 15 is 0 Å². The van der Waals surface area contributed by atoms with Gasteiger partial charge in [0.15, 0.2) is 0 Å². The number of hydrogen-bond acceptors (Lipinski definition) is 3. The molecule has 1 fully saturated rings. The zero-order chi connectivity index (χ0) is 13.8. The number of hydrogen-bond donors (Lipinski definition) is 1. The number of nitrogens with one attached hydrogen (secondary N) is 1. The van der Waals surface area contributed by atoms with Gasteiger partial charge in [-0.2, -0.15) is 0 Å². The van der Waals surface area contributed by atoms with Crippen molar-refractivity contribution < 1.29 is 9.47 Å². The van der Waals surface area contributed by atoms with Crippen molar-refractivity contribution in [3.63, 3.8) is 0 Å². The van der Waals surface area contributed by atoms with Crippen molar-refractivity contribution in [2.75, 3.05) is 27.4 Å². The van der Waals surface area contributed by atoms with E-state index in [-0.39, 0.29) is 6.04 Å². The second-order valence-corrected chi connectivity index (χ2v) is 5.54. The number of halogens is 2. The number of ether oxygens (including phenoxy) is 2. The quantitative estimate of drug-likeness (QED) is 0.920. The Hall–Kier alpha value is -0.480. The summed E-state index contributed by atoms with van der Waals surface area (Å²) < 4.78 is 10.6. The molecule has 1 aromatic rings. The zero-order valence-corrected chi connectivity index (χ0v) is 12.7. The molecule has 0 radical (unpaired) electrons. The predicted octanol–water partition coefficient (Wildman–Crippen LogP) is 3.69. The normalized spacial score (nSPS) is 18.3. The third kappa shape index (κ3) is 3.34. The van der Waals surface area contributed by atoms with Crippen LogP contribution in [0.15, 0.2) is 12.1 Å². The van der Waals surface area contributed by atoms with Crippen molar-refractivity contribution >= 4 is 23.2 Å². The van der Waals surface area contributed by atoms with Crippen molar-refractivity contribution in [2.45, 2.75) is 18.9 Å². The van der Waals surface area contributed by atoms with Crippen LogP contribution < -0.4 is 10.1 Å². The lowest BCUT2D eigenvalue weighted by molar-refractivity contribution is 0.0546. The summed E-state index contributed by atoms with van der Waals surface area (Å²) in [5.41, 5.74) is 1.03. The van der Waals surface area contributed by atoms with E-state index in [0.717, 1.165) is 31.6 Å². The summed E-state index contributed by atoms with van der Waals surface area (Å²) in [6.07, 6.45) is 2.07. The molecular formula is C14H19Cl2NO2. The first kappa shape index (κ1) is 14.9. The first-order valence-corrected chi connectivity index (χ1v) is 7.21. The molecule has 0 saturated carbocycles. The van der Waals surface area contributed by atoms with Gasteiger partial charge in [-0.15, -0.1) is 0 Å². The Labute approximate surface area is 124 Å². The Kier molecular flexibility index (Phi) is 5.34. The van der Waals surface area contributed by atoms with Gasteiger partial charge in [0, 0.05) is 30.3 Å². The molecule has 19 heavy (non-hydrogen) atoms. The summed E-state index contributed by atoms with van der Waals surface area (Å²) in [4.78, 5) is 0. The van der Waals surface area contributed by atoms with Gasteiger partial charge in [-0.3, -0.25) is 0 Å². The van der Waals surface area contributed by atoms with Gasteiger partial charge in [-0.05, 0) is 37.4 Å². The van der Waals surface area contributed by atoms with Crippen LogP contribution in [0.5, 0.6) is 5.75 Å². The Bertz CT molecular complexity index is 434. The summed E-state index contributed by atoms with van der Waals surface area (Å²) in [6.45, 7) is 1.62. The maximum atomic E-state index is 6.36. The molecule has 0 spiro atoms. The van der Waals surface area contributed by atoms with E-state index in [4.69, 9.17) is 32.7 Å². The van der Waals surface area contributed by atoms with Gasteiger partial charge < -0.3 is 14.8 Å². The van der Waals surface area contributed by atoms with Gasteiger partial charge in [-0.1, -0.05) is 23.2 Å². The van der Waals surface area contributed by atoms with Gasteiger partial charge >= 0.3 is 0 Å². The van der Waals surface area contributed by atoms with E-state index in [1.807, 2.05) is 13.1 Å². The van der Waals surface area contributed by atoms with Crippen LogP contribution in [0.1, 0.15) is 24.4 Å². The molecule has 1 aliphatic heterocycles. The average Bonchev–Trinajstić information content (AvgIpc) is 2.44. The minimum Gasteiger partial charge on any atom is -0.495 e. The topological polar surface area (TPSA) is 30.5 Å². The molecule has 1 aromatic carbocycles. The van der Waals surface area contributed by atoms with E-state index < -0.39 is 0 Å². The van der Waals surface area contributed by atoms with Crippen LogP contribution in [0.2, 0.25) is 10.0 Å². The maximum Gasteiger partial charge on any atom is 0.138 e. The minimum absolute atomic E-state index is 0.194. The lowest BCUT2D eigenvalue weighted by Crippen LogP contribution is -2.30. The molecule has 106 valence electrons. The van der Waals surface area contributed by atoms with Crippen molar-refractivity contribution in [3.8, 4) is 5.75 Å². The lowest BCUT2D eigenvalue weighted by Gasteiger charge is -2.31. The SMILES string of the molecule is CNC(c1cc(Cl)c(OC)cc1Cl)C1CCOCC1. The maximum absolute atomic E-state index is 6.36. The van der Waals surface area contributed by atoms with Crippen molar-refractivity contribution in [2.24, 2.45) is 5.92 Å². The first-order valence-electron chi connectivity index (χ1n) is 6.45. The number of benzene rings is 1. The number of rotatable bonds is 4. The molecule has 2 rings (SSSR count). The molecule has 3 nitrogen and oxygen atoms in total. The Morgan fingerprint density at radius 3 is 2.53 bits per heavy atom. The van der Waals surface area contributed by atoms with Crippen LogP contribution in [-0.4, -0.2) is 27.4 Å². The number of methoxy groups -OCH3 is 1. The molecule has 0 bridgehead atoms. The largest absolute Gasteiger partial charge is 0.495 e. The third-order valence-corrected chi connectivity index (χ3v) is 4.28. The molecule has 1 saturated heterocycles. The summed E-state index contributed by atoms with van der Waals surface area (Å²) in [5.74, 6) is 1.12. The highest BCUT2D eigenvalue weighted by molar-refractivity contribution is 6.34. The Balaban J connectivity index is 2.29. The fourth-order valence-corrected chi connectivity index (χ4v) is 3.15. The summed E-state index contributed by atoms with van der Waals surface area (Å²) >= 11 is 12.6. The van der Waals surface area contributed by atoms with Crippen molar-refractivity contribution in [1.82, 2.24) is 5.32 Å². The van der Waals surface area contributed by atoms with Crippen molar-refractivity contribution in [1.29, 1.82) is 0 Å². The van der Waals surface area contributed by atoms with Crippen LogP contribution in [0, 0.1) is 5.92 Å². The van der Waals surface area contributed by atoms with Crippen LogP contribution in [-0.2, 0) is 4.74 Å². The summed E-state index contributed by atoms with van der Waals surface area (Å²) in [5, 5.41) is 4.63. The molecular weight excluding hydrogens is 285 g/mol. The second kappa shape index (κ2) is 6.80. The molecule has 0 amide bonds. The van der Waals surface area contributed by atoms with Gasteiger partial charge in [-0.25, -0.2) is 0 Å². The highest BCUT2D eigenvalue weighted by Crippen LogP contribution is 2.38. The summed E-state index contributed by atoms with van der Waals surface area (Å²) in [7, 11) is 3.54. The minimum atomic E-state index is 0.194. The molecule has 0 aromatic heterocycles. The standard InChI is InChI=1S/C14H19Cl2NO2/c1-17-14(9-3-5-19-6-4-9)10-7-12(16)13(18-2)8-11(10)15/h7-9,14,17H,3-6H2,1-2H3. The molecule has 1 heterocycles. The fraction of sp³-hybridized carbons (Fsp3) is 0.571. The summed E-state index contributed by atoms with van der Waals surface area (Å²) in [6, 6.07) is 3.88. The van der Waals surface area contributed by atoms with Gasteiger partial charge in [0.05, 0.1) is 12.1 Å². The first-order chi connectivity index (χ1) is 9.17. The Morgan fingerprint density at radius 1 is 1.26 bits per heavy atom. The average molecular weight is 304 g/mol. The van der Waals surface area contributed by atoms with Crippen LogP contribution in [0.25, 0.3) is 0 Å². The molecule has 0 aliphatic carbocycles. The molecule has 1 aliphatic rings. The van der Waals surface area contributed by atoms with Crippen LogP contribution in [0.4, 0.5) is 0 Å². The molecule has 1 unspecified atom stereocenters. The van der Waals surface area contributed by atoms with E-state index in [9.17, 15) is 0 Å². The van der Waals surface area contributed by atoms with Crippen LogP contribution >= 0.6 is 23.2 Å². The van der Waals surface area contributed by atoms with Gasteiger partial charge in [0.2, 0.25) is 0 Å². The third-order valence-electron chi connectivity index (χ3n) is 3.65. The van der Waals surface area contributed by atoms with E-state index in [2.05, 4.69) is 5.32 Å². The van der Waals surface area contributed by atoms with Crippen LogP contribution in [0.3, 0.4) is 0 Å². The lowest BCUT2D eigenvalue weighted by atomic mass is 9.87. The predicted molar refractivity (Wildman–Crippen MR) is 78.4 cm³/mol. The zero-order valence-electron chi connectivity index (χ0n) is 11.2. The van der Waals surface area contributed by atoms with E-state index in [1.165, 1.54) is 0 Å². The molecule has 1 N–H and O–H groups in total. The highest BCUT2D eigenvalue weighted by Gasteiger charge is 2.26. The fourth-order valence-electron chi connectivity index (χ4n) is 2.63. The van der Waals surface area contributed by atoms with Gasteiger partial charge in [0.25, 0.3) is 0 Å².